The minimum atomic E-state index is 0.607. The van der Waals surface area contributed by atoms with Crippen LogP contribution in [-0.4, -0.2) is 7.11 Å². The zero-order valence-corrected chi connectivity index (χ0v) is 14.2. The molecule has 2 nitrogen and oxygen atoms in total. The van der Waals surface area contributed by atoms with Gasteiger partial charge in [-0.3, -0.25) is 0 Å². The van der Waals surface area contributed by atoms with Crippen LogP contribution in [-0.2, 0) is 6.54 Å². The zero-order valence-electron chi connectivity index (χ0n) is 11.1. The van der Waals surface area contributed by atoms with Gasteiger partial charge in [0, 0.05) is 27.1 Å². The number of methoxy groups -OCH3 is 1. The van der Waals surface area contributed by atoms with E-state index >= 15 is 0 Å². The Morgan fingerprint density at radius 3 is 2.60 bits per heavy atom. The molecular weight excluding hydrogens is 361 g/mol. The molecule has 0 aliphatic heterocycles. The van der Waals surface area contributed by atoms with Crippen molar-refractivity contribution < 1.29 is 4.74 Å². The molecule has 1 N–H and O–H groups in total. The summed E-state index contributed by atoms with van der Waals surface area (Å²) < 4.78 is 6.33. The minimum Gasteiger partial charge on any atom is -0.495 e. The molecular formula is C15H14BrCl2NO. The fourth-order valence-electron chi connectivity index (χ4n) is 1.84. The van der Waals surface area contributed by atoms with Crippen LogP contribution in [0, 0.1) is 6.92 Å². The Labute approximate surface area is 137 Å². The van der Waals surface area contributed by atoms with Crippen LogP contribution in [0.1, 0.15) is 11.1 Å². The highest BCUT2D eigenvalue weighted by atomic mass is 79.9. The number of benzene rings is 2. The molecule has 0 aliphatic carbocycles. The number of ether oxygens (including phenoxy) is 1. The highest BCUT2D eigenvalue weighted by Gasteiger charge is 2.08. The van der Waals surface area contributed by atoms with E-state index in [9.17, 15) is 0 Å². The molecule has 0 radical (unpaired) electrons. The van der Waals surface area contributed by atoms with E-state index in [0.29, 0.717) is 17.3 Å². The van der Waals surface area contributed by atoms with E-state index in [0.717, 1.165) is 26.3 Å². The largest absolute Gasteiger partial charge is 0.495 e. The quantitative estimate of drug-likeness (QED) is 0.742. The third kappa shape index (κ3) is 3.60. The zero-order chi connectivity index (χ0) is 14.7. The maximum atomic E-state index is 6.18. The molecule has 0 heterocycles. The first-order valence-corrected chi connectivity index (χ1v) is 7.58. The van der Waals surface area contributed by atoms with Gasteiger partial charge in [-0.15, -0.1) is 0 Å². The summed E-state index contributed by atoms with van der Waals surface area (Å²) in [5, 5.41) is 4.74. The number of halogens is 3. The van der Waals surface area contributed by atoms with Crippen LogP contribution < -0.4 is 10.1 Å². The normalized spacial score (nSPS) is 10.4. The lowest BCUT2D eigenvalue weighted by molar-refractivity contribution is 0.416. The van der Waals surface area contributed by atoms with Crippen LogP contribution in [0.4, 0.5) is 5.69 Å². The summed E-state index contributed by atoms with van der Waals surface area (Å²) in [6, 6.07) is 9.55. The Bertz CT molecular complexity index is 632. The second kappa shape index (κ2) is 6.70. The van der Waals surface area contributed by atoms with Crippen molar-refractivity contribution in [3.63, 3.8) is 0 Å². The number of rotatable bonds is 4. The molecule has 0 spiro atoms. The molecule has 20 heavy (non-hydrogen) atoms. The van der Waals surface area contributed by atoms with Crippen LogP contribution in [0.15, 0.2) is 34.8 Å². The van der Waals surface area contributed by atoms with Crippen LogP contribution in [0.2, 0.25) is 10.0 Å². The minimum absolute atomic E-state index is 0.607. The van der Waals surface area contributed by atoms with Crippen molar-refractivity contribution >= 4 is 44.8 Å². The molecule has 2 aromatic rings. The van der Waals surface area contributed by atoms with Gasteiger partial charge in [0.15, 0.2) is 0 Å². The summed E-state index contributed by atoms with van der Waals surface area (Å²) in [5.74, 6) is 0.715. The van der Waals surface area contributed by atoms with Gasteiger partial charge in [-0.2, -0.15) is 0 Å². The number of hydrogen-bond acceptors (Lipinski definition) is 2. The third-order valence-corrected chi connectivity index (χ3v) is 4.23. The van der Waals surface area contributed by atoms with Crippen molar-refractivity contribution in [2.24, 2.45) is 0 Å². The van der Waals surface area contributed by atoms with E-state index in [-0.39, 0.29) is 0 Å². The van der Waals surface area contributed by atoms with Crippen LogP contribution >= 0.6 is 39.1 Å². The van der Waals surface area contributed by atoms with Gasteiger partial charge >= 0.3 is 0 Å². The Morgan fingerprint density at radius 2 is 1.90 bits per heavy atom. The summed E-state index contributed by atoms with van der Waals surface area (Å²) >= 11 is 15.7. The van der Waals surface area contributed by atoms with Gasteiger partial charge in [-0.25, -0.2) is 0 Å². The summed E-state index contributed by atoms with van der Waals surface area (Å²) in [6.45, 7) is 2.56. The molecule has 0 fully saturated rings. The van der Waals surface area contributed by atoms with E-state index in [2.05, 4.69) is 21.2 Å². The summed E-state index contributed by atoms with van der Waals surface area (Å²) in [4.78, 5) is 0. The van der Waals surface area contributed by atoms with Gasteiger partial charge in [0.25, 0.3) is 0 Å². The topological polar surface area (TPSA) is 21.3 Å². The number of anilines is 1. The van der Waals surface area contributed by atoms with Crippen LogP contribution in [0.3, 0.4) is 0 Å². The van der Waals surface area contributed by atoms with E-state index in [4.69, 9.17) is 27.9 Å². The summed E-state index contributed by atoms with van der Waals surface area (Å²) in [5.41, 5.74) is 2.90. The second-order valence-corrected chi connectivity index (χ2v) is 6.12. The highest BCUT2D eigenvalue weighted by molar-refractivity contribution is 9.10. The average Bonchev–Trinajstić information content (AvgIpc) is 2.43. The SMILES string of the molecule is COc1cc(Cl)c(C)cc1NCc1cc(Br)ccc1Cl. The number of aryl methyl sites for hydroxylation is 1. The van der Waals surface area contributed by atoms with E-state index < -0.39 is 0 Å². The van der Waals surface area contributed by atoms with Gasteiger partial charge in [0.1, 0.15) is 5.75 Å². The first kappa shape index (κ1) is 15.5. The Kier molecular flexibility index (Phi) is 5.19. The van der Waals surface area contributed by atoms with Crippen molar-refractivity contribution in [2.75, 3.05) is 12.4 Å². The summed E-state index contributed by atoms with van der Waals surface area (Å²) in [6.07, 6.45) is 0. The van der Waals surface area contributed by atoms with Gasteiger partial charge in [-0.1, -0.05) is 39.1 Å². The van der Waals surface area contributed by atoms with E-state index in [1.54, 1.807) is 7.11 Å². The maximum Gasteiger partial charge on any atom is 0.143 e. The molecule has 2 rings (SSSR count). The van der Waals surface area contributed by atoms with Crippen molar-refractivity contribution in [3.05, 3.63) is 56.0 Å². The van der Waals surface area contributed by atoms with Gasteiger partial charge in [0.2, 0.25) is 0 Å². The second-order valence-electron chi connectivity index (χ2n) is 4.39. The number of hydrogen-bond donors (Lipinski definition) is 1. The molecule has 0 bridgehead atoms. The first-order chi connectivity index (χ1) is 9.51. The van der Waals surface area contributed by atoms with Crippen molar-refractivity contribution in [2.45, 2.75) is 13.5 Å². The highest BCUT2D eigenvalue weighted by Crippen LogP contribution is 2.32. The van der Waals surface area contributed by atoms with Crippen LogP contribution in [0.25, 0.3) is 0 Å². The fourth-order valence-corrected chi connectivity index (χ4v) is 2.59. The summed E-state index contributed by atoms with van der Waals surface area (Å²) in [7, 11) is 1.62. The first-order valence-electron chi connectivity index (χ1n) is 6.03. The number of nitrogens with one attached hydrogen (secondary N) is 1. The predicted octanol–water partition coefficient (Wildman–Crippen LogP) is 5.69. The molecule has 0 aliphatic rings. The lowest BCUT2D eigenvalue weighted by atomic mass is 10.2. The van der Waals surface area contributed by atoms with E-state index in [1.807, 2.05) is 37.3 Å². The predicted molar refractivity (Wildman–Crippen MR) is 89.2 cm³/mol. The lowest BCUT2D eigenvalue weighted by Gasteiger charge is -2.14. The lowest BCUT2D eigenvalue weighted by Crippen LogP contribution is -2.02. The molecule has 0 saturated heterocycles. The molecule has 2 aromatic carbocycles. The monoisotopic (exact) mass is 373 g/mol. The maximum absolute atomic E-state index is 6.18. The molecule has 0 saturated carbocycles. The van der Waals surface area contributed by atoms with E-state index in [1.165, 1.54) is 0 Å². The molecule has 0 atom stereocenters. The fraction of sp³-hybridized carbons (Fsp3) is 0.200. The van der Waals surface area contributed by atoms with Gasteiger partial charge < -0.3 is 10.1 Å². The third-order valence-electron chi connectivity index (χ3n) is 2.96. The Balaban J connectivity index is 2.22. The Hall–Kier alpha value is -0.900. The standard InChI is InChI=1S/C15H14BrCl2NO/c1-9-5-14(15(20-2)7-13(9)18)19-8-10-6-11(16)3-4-12(10)17/h3-7,19H,8H2,1-2H3. The van der Waals surface area contributed by atoms with Crippen molar-refractivity contribution in [1.29, 1.82) is 0 Å². The molecule has 5 heteroatoms. The average molecular weight is 375 g/mol. The molecule has 106 valence electrons. The van der Waals surface area contributed by atoms with Gasteiger partial charge in [0.05, 0.1) is 12.8 Å². The molecule has 0 amide bonds. The van der Waals surface area contributed by atoms with Crippen LogP contribution in [0.5, 0.6) is 5.75 Å². The van der Waals surface area contributed by atoms with Crippen molar-refractivity contribution in [3.8, 4) is 5.75 Å². The molecule has 0 aromatic heterocycles. The Morgan fingerprint density at radius 1 is 1.15 bits per heavy atom. The molecule has 0 unspecified atom stereocenters. The smallest absolute Gasteiger partial charge is 0.143 e. The van der Waals surface area contributed by atoms with Gasteiger partial charge in [-0.05, 0) is 42.3 Å². The van der Waals surface area contributed by atoms with Crippen molar-refractivity contribution in [1.82, 2.24) is 0 Å².